The normalized spacial score (nSPS) is 10.5. The smallest absolute Gasteiger partial charge is 0.270 e. The van der Waals surface area contributed by atoms with E-state index in [-0.39, 0.29) is 29.6 Å². The van der Waals surface area contributed by atoms with Gasteiger partial charge in [-0.15, -0.1) is 0 Å². The van der Waals surface area contributed by atoms with Crippen molar-refractivity contribution in [2.24, 2.45) is 0 Å². The van der Waals surface area contributed by atoms with Crippen LogP contribution in [-0.4, -0.2) is 22.4 Å². The number of anilines is 2. The van der Waals surface area contributed by atoms with Crippen LogP contribution >= 0.6 is 0 Å². The standard InChI is InChI=1S/C19H15F3N4O/c20-13-5-2-1-4-12(13)8-9-23-19(27)16-10-17(25-11-24-16)26-18-14(21)6-3-7-15(18)22/h1-7,10-11H,8-9H2,(H,23,27)(H,24,25,26). The highest BCUT2D eigenvalue weighted by Crippen LogP contribution is 2.22. The average Bonchev–Trinajstić information content (AvgIpc) is 2.66. The van der Waals surface area contributed by atoms with Gasteiger partial charge < -0.3 is 10.6 Å². The van der Waals surface area contributed by atoms with E-state index in [1.807, 2.05) is 0 Å². The molecule has 8 heteroatoms. The Labute approximate surface area is 153 Å². The number of aromatic nitrogens is 2. The minimum Gasteiger partial charge on any atom is -0.350 e. The Morgan fingerprint density at radius 3 is 2.37 bits per heavy atom. The zero-order chi connectivity index (χ0) is 19.2. The number of nitrogens with zero attached hydrogens (tertiary/aromatic N) is 2. The first-order valence-corrected chi connectivity index (χ1v) is 8.09. The fraction of sp³-hybridized carbons (Fsp3) is 0.105. The van der Waals surface area contributed by atoms with Crippen LogP contribution in [0.15, 0.2) is 54.9 Å². The lowest BCUT2D eigenvalue weighted by Crippen LogP contribution is -2.26. The first kappa shape index (κ1) is 18.4. The highest BCUT2D eigenvalue weighted by atomic mass is 19.1. The molecular formula is C19H15F3N4O. The molecule has 2 aromatic carbocycles. The average molecular weight is 372 g/mol. The van der Waals surface area contributed by atoms with E-state index in [1.54, 1.807) is 18.2 Å². The summed E-state index contributed by atoms with van der Waals surface area (Å²) in [4.78, 5) is 19.9. The first-order valence-electron chi connectivity index (χ1n) is 8.09. The molecule has 1 heterocycles. The predicted molar refractivity (Wildman–Crippen MR) is 94.1 cm³/mol. The zero-order valence-electron chi connectivity index (χ0n) is 14.0. The molecule has 0 aliphatic rings. The number of hydrogen-bond acceptors (Lipinski definition) is 4. The lowest BCUT2D eigenvalue weighted by molar-refractivity contribution is 0.0949. The van der Waals surface area contributed by atoms with Gasteiger partial charge in [-0.25, -0.2) is 23.1 Å². The number of carbonyl (C=O) groups excluding carboxylic acids is 1. The number of halogens is 3. The van der Waals surface area contributed by atoms with E-state index >= 15 is 0 Å². The van der Waals surface area contributed by atoms with Crippen LogP contribution in [0, 0.1) is 17.5 Å². The fourth-order valence-electron chi connectivity index (χ4n) is 2.40. The molecule has 3 rings (SSSR count). The summed E-state index contributed by atoms with van der Waals surface area (Å²) in [5, 5.41) is 5.11. The van der Waals surface area contributed by atoms with E-state index < -0.39 is 17.5 Å². The second kappa shape index (κ2) is 8.31. The van der Waals surface area contributed by atoms with E-state index in [1.165, 1.54) is 18.2 Å². The molecule has 5 nitrogen and oxygen atoms in total. The number of rotatable bonds is 6. The summed E-state index contributed by atoms with van der Waals surface area (Å²) >= 11 is 0. The number of hydrogen-bond donors (Lipinski definition) is 2. The molecule has 0 radical (unpaired) electrons. The van der Waals surface area contributed by atoms with Crippen molar-refractivity contribution in [2.45, 2.75) is 6.42 Å². The molecule has 2 N–H and O–H groups in total. The van der Waals surface area contributed by atoms with Gasteiger partial charge in [0, 0.05) is 12.6 Å². The van der Waals surface area contributed by atoms with Crippen LogP contribution in [-0.2, 0) is 6.42 Å². The Morgan fingerprint density at radius 1 is 0.926 bits per heavy atom. The minimum absolute atomic E-state index is 0.0118. The molecule has 0 aliphatic carbocycles. The van der Waals surface area contributed by atoms with Gasteiger partial charge in [0.2, 0.25) is 0 Å². The van der Waals surface area contributed by atoms with E-state index in [2.05, 4.69) is 20.6 Å². The van der Waals surface area contributed by atoms with Gasteiger partial charge in [-0.2, -0.15) is 0 Å². The Morgan fingerprint density at radius 2 is 1.63 bits per heavy atom. The summed E-state index contributed by atoms with van der Waals surface area (Å²) in [5.74, 6) is -2.36. The van der Waals surface area contributed by atoms with Crippen molar-refractivity contribution in [2.75, 3.05) is 11.9 Å². The third-order valence-corrected chi connectivity index (χ3v) is 3.75. The van der Waals surface area contributed by atoms with Gasteiger partial charge in [0.25, 0.3) is 5.91 Å². The largest absolute Gasteiger partial charge is 0.350 e. The molecule has 0 bridgehead atoms. The maximum absolute atomic E-state index is 13.7. The Hall–Kier alpha value is -3.42. The summed E-state index contributed by atoms with van der Waals surface area (Å²) in [7, 11) is 0. The fourth-order valence-corrected chi connectivity index (χ4v) is 2.40. The SMILES string of the molecule is O=C(NCCc1ccccc1F)c1cc(Nc2c(F)cccc2F)ncn1. The number of para-hydroxylation sites is 1. The number of carbonyl (C=O) groups is 1. The van der Waals surface area contributed by atoms with Crippen molar-refractivity contribution in [3.8, 4) is 0 Å². The molecule has 0 spiro atoms. The maximum Gasteiger partial charge on any atom is 0.270 e. The zero-order valence-corrected chi connectivity index (χ0v) is 14.0. The minimum atomic E-state index is -0.787. The van der Waals surface area contributed by atoms with E-state index in [4.69, 9.17) is 0 Å². The van der Waals surface area contributed by atoms with Crippen molar-refractivity contribution in [1.29, 1.82) is 0 Å². The van der Waals surface area contributed by atoms with Crippen LogP contribution in [0.3, 0.4) is 0 Å². The highest BCUT2D eigenvalue weighted by molar-refractivity contribution is 5.92. The lowest BCUT2D eigenvalue weighted by Gasteiger charge is -2.09. The van der Waals surface area contributed by atoms with Gasteiger partial charge in [0.1, 0.15) is 41.0 Å². The molecule has 138 valence electrons. The summed E-state index contributed by atoms with van der Waals surface area (Å²) < 4.78 is 41.0. The van der Waals surface area contributed by atoms with Gasteiger partial charge in [-0.05, 0) is 30.2 Å². The van der Waals surface area contributed by atoms with Crippen LogP contribution in [0.1, 0.15) is 16.1 Å². The van der Waals surface area contributed by atoms with Crippen LogP contribution in [0.5, 0.6) is 0 Å². The molecule has 0 saturated carbocycles. The predicted octanol–water partition coefficient (Wildman–Crippen LogP) is 3.61. The summed E-state index contributed by atoms with van der Waals surface area (Å²) in [6.45, 7) is 0.203. The Bertz CT molecular complexity index is 945. The molecule has 0 unspecified atom stereocenters. The molecule has 27 heavy (non-hydrogen) atoms. The van der Waals surface area contributed by atoms with E-state index in [0.717, 1.165) is 18.5 Å². The van der Waals surface area contributed by atoms with Gasteiger partial charge in [0.05, 0.1) is 0 Å². The highest BCUT2D eigenvalue weighted by Gasteiger charge is 2.12. The second-order valence-corrected chi connectivity index (χ2v) is 5.61. The van der Waals surface area contributed by atoms with Crippen LogP contribution < -0.4 is 10.6 Å². The third kappa shape index (κ3) is 4.60. The van der Waals surface area contributed by atoms with Gasteiger partial charge >= 0.3 is 0 Å². The molecule has 0 fully saturated rings. The molecule has 3 aromatic rings. The quantitative estimate of drug-likeness (QED) is 0.694. The third-order valence-electron chi connectivity index (χ3n) is 3.75. The first-order chi connectivity index (χ1) is 13.0. The van der Waals surface area contributed by atoms with Crippen LogP contribution in [0.2, 0.25) is 0 Å². The van der Waals surface area contributed by atoms with Gasteiger partial charge in [0.15, 0.2) is 0 Å². The van der Waals surface area contributed by atoms with Crippen LogP contribution in [0.4, 0.5) is 24.7 Å². The lowest BCUT2D eigenvalue weighted by atomic mass is 10.1. The number of amides is 1. The molecule has 1 amide bonds. The van der Waals surface area contributed by atoms with Gasteiger partial charge in [-0.3, -0.25) is 4.79 Å². The van der Waals surface area contributed by atoms with E-state index in [0.29, 0.717) is 12.0 Å². The summed E-state index contributed by atoms with van der Waals surface area (Å²) in [5.41, 5.74) is 0.123. The summed E-state index contributed by atoms with van der Waals surface area (Å²) in [6.07, 6.45) is 1.42. The van der Waals surface area contributed by atoms with E-state index in [9.17, 15) is 18.0 Å². The number of nitrogens with one attached hydrogen (secondary N) is 2. The van der Waals surface area contributed by atoms with Crippen molar-refractivity contribution in [3.63, 3.8) is 0 Å². The second-order valence-electron chi connectivity index (χ2n) is 5.61. The van der Waals surface area contributed by atoms with Crippen molar-refractivity contribution in [1.82, 2.24) is 15.3 Å². The molecular weight excluding hydrogens is 357 g/mol. The molecule has 0 atom stereocenters. The van der Waals surface area contributed by atoms with Crippen LogP contribution in [0.25, 0.3) is 0 Å². The maximum atomic E-state index is 13.7. The summed E-state index contributed by atoms with van der Waals surface area (Å²) in [6, 6.07) is 11.0. The molecule has 1 aromatic heterocycles. The molecule has 0 aliphatic heterocycles. The monoisotopic (exact) mass is 372 g/mol. The Balaban J connectivity index is 1.64. The van der Waals surface area contributed by atoms with Crippen molar-refractivity contribution in [3.05, 3.63) is 83.6 Å². The van der Waals surface area contributed by atoms with Crippen molar-refractivity contribution >= 4 is 17.4 Å². The van der Waals surface area contributed by atoms with Crippen molar-refractivity contribution < 1.29 is 18.0 Å². The number of benzene rings is 2. The topological polar surface area (TPSA) is 66.9 Å². The molecule has 0 saturated heterocycles. The Kier molecular flexibility index (Phi) is 5.65. The van der Waals surface area contributed by atoms with Gasteiger partial charge in [-0.1, -0.05) is 24.3 Å².